The van der Waals surface area contributed by atoms with Crippen LogP contribution in [0.1, 0.15) is 34.7 Å². The number of likely N-dealkylation sites (tertiary alicyclic amines) is 1. The molecule has 0 spiro atoms. The van der Waals surface area contributed by atoms with Crippen LogP contribution in [0.4, 0.5) is 0 Å². The predicted molar refractivity (Wildman–Crippen MR) is 90.4 cm³/mol. The highest BCUT2D eigenvalue weighted by Gasteiger charge is 2.17. The molecule has 1 saturated heterocycles. The Hall–Kier alpha value is -1.79. The van der Waals surface area contributed by atoms with Gasteiger partial charge in [0.15, 0.2) is 11.5 Å². The summed E-state index contributed by atoms with van der Waals surface area (Å²) in [5, 5.41) is 6.76. The fourth-order valence-electron chi connectivity index (χ4n) is 2.67. The van der Waals surface area contributed by atoms with E-state index in [0.29, 0.717) is 12.2 Å². The van der Waals surface area contributed by atoms with Crippen LogP contribution in [0.2, 0.25) is 0 Å². The van der Waals surface area contributed by atoms with Gasteiger partial charge >= 0.3 is 0 Å². The summed E-state index contributed by atoms with van der Waals surface area (Å²) in [5.41, 5.74) is 1.41. The first kappa shape index (κ1) is 16.1. The standard InChI is InChI=1S/C17H21N3O2S/c1-23-15-6-4-13(5-7-15)11-18-17(21)16-10-14(22-19-16)12-20-8-2-3-9-20/h4-7,10H,2-3,8-9,11-12H2,1H3,(H,18,21). The normalized spacial score (nSPS) is 15.0. The summed E-state index contributed by atoms with van der Waals surface area (Å²) in [6, 6.07) is 9.89. The molecule has 1 amide bonds. The first-order valence-corrected chi connectivity index (χ1v) is 9.06. The van der Waals surface area contributed by atoms with Crippen molar-refractivity contribution in [2.75, 3.05) is 19.3 Å². The molecule has 0 unspecified atom stereocenters. The first-order valence-electron chi connectivity index (χ1n) is 7.83. The third-order valence-electron chi connectivity index (χ3n) is 3.98. The van der Waals surface area contributed by atoms with Gasteiger partial charge in [0.05, 0.1) is 6.54 Å². The van der Waals surface area contributed by atoms with Crippen LogP contribution >= 0.6 is 11.8 Å². The van der Waals surface area contributed by atoms with Crippen molar-refractivity contribution in [3.63, 3.8) is 0 Å². The van der Waals surface area contributed by atoms with E-state index >= 15 is 0 Å². The van der Waals surface area contributed by atoms with Gasteiger partial charge in [0, 0.05) is 17.5 Å². The van der Waals surface area contributed by atoms with E-state index in [1.807, 2.05) is 18.4 Å². The lowest BCUT2D eigenvalue weighted by Gasteiger charge is -2.10. The highest BCUT2D eigenvalue weighted by Crippen LogP contribution is 2.15. The van der Waals surface area contributed by atoms with Crippen molar-refractivity contribution in [2.24, 2.45) is 0 Å². The van der Waals surface area contributed by atoms with Gasteiger partial charge in [0.1, 0.15) is 0 Å². The third kappa shape index (κ3) is 4.36. The van der Waals surface area contributed by atoms with Crippen LogP contribution in [0.25, 0.3) is 0 Å². The molecule has 0 saturated carbocycles. The smallest absolute Gasteiger partial charge is 0.273 e. The molecule has 23 heavy (non-hydrogen) atoms. The van der Waals surface area contributed by atoms with Crippen molar-refractivity contribution in [3.8, 4) is 0 Å². The van der Waals surface area contributed by atoms with E-state index in [0.717, 1.165) is 31.0 Å². The van der Waals surface area contributed by atoms with E-state index in [9.17, 15) is 4.79 Å². The number of carbonyl (C=O) groups is 1. The van der Waals surface area contributed by atoms with E-state index in [1.165, 1.54) is 17.7 Å². The summed E-state index contributed by atoms with van der Waals surface area (Å²) >= 11 is 1.70. The Balaban J connectivity index is 1.52. The molecular weight excluding hydrogens is 310 g/mol. The molecule has 1 aliphatic heterocycles. The second-order valence-corrected chi connectivity index (χ2v) is 6.57. The quantitative estimate of drug-likeness (QED) is 0.825. The molecule has 6 heteroatoms. The second-order valence-electron chi connectivity index (χ2n) is 5.69. The molecule has 0 bridgehead atoms. The number of nitrogens with zero attached hydrogens (tertiary/aromatic N) is 2. The Bertz CT molecular complexity index is 648. The lowest BCUT2D eigenvalue weighted by atomic mass is 10.2. The van der Waals surface area contributed by atoms with Gasteiger partial charge in [0.25, 0.3) is 5.91 Å². The van der Waals surface area contributed by atoms with Crippen LogP contribution in [0.5, 0.6) is 0 Å². The molecule has 0 radical (unpaired) electrons. The molecular formula is C17H21N3O2S. The first-order chi connectivity index (χ1) is 11.2. The summed E-state index contributed by atoms with van der Waals surface area (Å²) in [6.45, 7) is 3.40. The van der Waals surface area contributed by atoms with Crippen molar-refractivity contribution in [2.45, 2.75) is 30.8 Å². The molecule has 0 aliphatic carbocycles. The molecule has 1 aromatic heterocycles. The zero-order valence-corrected chi connectivity index (χ0v) is 14.1. The maximum Gasteiger partial charge on any atom is 0.273 e. The van der Waals surface area contributed by atoms with E-state index < -0.39 is 0 Å². The average molecular weight is 331 g/mol. The van der Waals surface area contributed by atoms with E-state index in [1.54, 1.807) is 17.8 Å². The van der Waals surface area contributed by atoms with Crippen LogP contribution < -0.4 is 5.32 Å². The zero-order chi connectivity index (χ0) is 16.1. The number of thioether (sulfide) groups is 1. The van der Waals surface area contributed by atoms with E-state index in [2.05, 4.69) is 27.5 Å². The van der Waals surface area contributed by atoms with E-state index in [4.69, 9.17) is 4.52 Å². The minimum atomic E-state index is -0.199. The van der Waals surface area contributed by atoms with Crippen LogP contribution in [-0.4, -0.2) is 35.3 Å². The fraction of sp³-hybridized carbons (Fsp3) is 0.412. The number of amides is 1. The largest absolute Gasteiger partial charge is 0.359 e. The highest BCUT2D eigenvalue weighted by atomic mass is 32.2. The topological polar surface area (TPSA) is 58.4 Å². The van der Waals surface area contributed by atoms with Crippen LogP contribution in [0.15, 0.2) is 39.8 Å². The SMILES string of the molecule is CSc1ccc(CNC(=O)c2cc(CN3CCCC3)on2)cc1. The Kier molecular flexibility index (Phi) is 5.35. The molecule has 0 atom stereocenters. The average Bonchev–Trinajstić information content (AvgIpc) is 3.25. The molecule has 5 nitrogen and oxygen atoms in total. The van der Waals surface area contributed by atoms with Crippen molar-refractivity contribution < 1.29 is 9.32 Å². The van der Waals surface area contributed by atoms with Crippen LogP contribution in [0, 0.1) is 0 Å². The minimum absolute atomic E-state index is 0.199. The van der Waals surface area contributed by atoms with Gasteiger partial charge in [-0.3, -0.25) is 9.69 Å². The van der Waals surface area contributed by atoms with Gasteiger partial charge in [-0.05, 0) is 49.9 Å². The monoisotopic (exact) mass is 331 g/mol. The van der Waals surface area contributed by atoms with Gasteiger partial charge in [-0.25, -0.2) is 0 Å². The molecule has 2 heterocycles. The lowest BCUT2D eigenvalue weighted by Crippen LogP contribution is -2.23. The summed E-state index contributed by atoms with van der Waals surface area (Å²) in [6.07, 6.45) is 4.51. The third-order valence-corrected chi connectivity index (χ3v) is 4.73. The molecule has 2 aromatic rings. The molecule has 1 N–H and O–H groups in total. The highest BCUT2D eigenvalue weighted by molar-refractivity contribution is 7.98. The lowest BCUT2D eigenvalue weighted by molar-refractivity contribution is 0.0941. The van der Waals surface area contributed by atoms with Crippen molar-refractivity contribution in [1.82, 2.24) is 15.4 Å². The fourth-order valence-corrected chi connectivity index (χ4v) is 3.08. The van der Waals surface area contributed by atoms with Crippen LogP contribution in [0.3, 0.4) is 0 Å². The summed E-state index contributed by atoms with van der Waals surface area (Å²) in [7, 11) is 0. The van der Waals surface area contributed by atoms with Gasteiger partial charge in [-0.1, -0.05) is 17.3 Å². The number of hydrogen-bond donors (Lipinski definition) is 1. The van der Waals surface area contributed by atoms with Crippen molar-refractivity contribution in [3.05, 3.63) is 47.3 Å². The predicted octanol–water partition coefficient (Wildman–Crippen LogP) is 2.92. The molecule has 1 fully saturated rings. The Morgan fingerprint density at radius 2 is 2.04 bits per heavy atom. The van der Waals surface area contributed by atoms with Gasteiger partial charge in [-0.2, -0.15) is 0 Å². The Morgan fingerprint density at radius 1 is 1.30 bits per heavy atom. The Morgan fingerprint density at radius 3 is 2.74 bits per heavy atom. The van der Waals surface area contributed by atoms with E-state index in [-0.39, 0.29) is 5.91 Å². The van der Waals surface area contributed by atoms with Crippen LogP contribution in [-0.2, 0) is 13.1 Å². The second kappa shape index (κ2) is 7.66. The van der Waals surface area contributed by atoms with Gasteiger partial charge in [-0.15, -0.1) is 11.8 Å². The molecule has 1 aromatic carbocycles. The number of rotatable bonds is 6. The summed E-state index contributed by atoms with van der Waals surface area (Å²) < 4.78 is 5.27. The maximum atomic E-state index is 12.1. The number of aromatic nitrogens is 1. The van der Waals surface area contributed by atoms with Crippen molar-refractivity contribution in [1.29, 1.82) is 0 Å². The maximum absolute atomic E-state index is 12.1. The molecule has 3 rings (SSSR count). The number of benzene rings is 1. The molecule has 1 aliphatic rings. The summed E-state index contributed by atoms with van der Waals surface area (Å²) in [5.74, 6) is 0.553. The minimum Gasteiger partial charge on any atom is -0.359 e. The zero-order valence-electron chi connectivity index (χ0n) is 13.2. The Labute approximate surface area is 140 Å². The number of carbonyl (C=O) groups excluding carboxylic acids is 1. The number of hydrogen-bond acceptors (Lipinski definition) is 5. The van der Waals surface area contributed by atoms with Gasteiger partial charge < -0.3 is 9.84 Å². The van der Waals surface area contributed by atoms with Gasteiger partial charge in [0.2, 0.25) is 0 Å². The number of nitrogens with one attached hydrogen (secondary N) is 1. The summed E-state index contributed by atoms with van der Waals surface area (Å²) in [4.78, 5) is 15.7. The van der Waals surface area contributed by atoms with Crippen molar-refractivity contribution >= 4 is 17.7 Å². The molecule has 122 valence electrons.